The zero-order chi connectivity index (χ0) is 17.8. The van der Waals surface area contributed by atoms with Crippen molar-refractivity contribution >= 4 is 22.8 Å². The van der Waals surface area contributed by atoms with Gasteiger partial charge in [-0.05, 0) is 11.6 Å². The van der Waals surface area contributed by atoms with E-state index in [1.165, 1.54) is 5.56 Å². The van der Waals surface area contributed by atoms with Gasteiger partial charge in [-0.3, -0.25) is 0 Å². The molecule has 1 fully saturated rings. The summed E-state index contributed by atoms with van der Waals surface area (Å²) in [5, 5.41) is 12.7. The molecule has 0 aliphatic carbocycles. The van der Waals surface area contributed by atoms with Gasteiger partial charge < -0.3 is 19.9 Å². The van der Waals surface area contributed by atoms with Crippen LogP contribution in [0.1, 0.15) is 19.4 Å². The first-order chi connectivity index (χ1) is 12.2. The smallest absolute Gasteiger partial charge is 0.208 e. The van der Waals surface area contributed by atoms with Crippen molar-refractivity contribution in [1.82, 2.24) is 14.5 Å². The second-order valence-corrected chi connectivity index (χ2v) is 5.86. The SMILES string of the molecule is CC.CNc1cnc2nc(N3CC(O)C3)n(Cc3ccccc3)c2c1. The summed E-state index contributed by atoms with van der Waals surface area (Å²) in [6, 6.07) is 12.4. The maximum atomic E-state index is 9.61. The molecule has 2 N–H and O–H groups in total. The quantitative estimate of drug-likeness (QED) is 0.765. The van der Waals surface area contributed by atoms with E-state index in [0.717, 1.165) is 29.3 Å². The van der Waals surface area contributed by atoms with Crippen LogP contribution in [0.3, 0.4) is 0 Å². The van der Waals surface area contributed by atoms with E-state index in [1.54, 1.807) is 6.20 Å². The Morgan fingerprint density at radius 1 is 1.20 bits per heavy atom. The van der Waals surface area contributed by atoms with Crippen molar-refractivity contribution in [3.05, 3.63) is 48.2 Å². The molecule has 0 spiro atoms. The molecule has 0 saturated carbocycles. The van der Waals surface area contributed by atoms with Crippen LogP contribution < -0.4 is 10.2 Å². The Kier molecular flexibility index (Phi) is 5.19. The fraction of sp³-hybridized carbons (Fsp3) is 0.368. The minimum Gasteiger partial charge on any atom is -0.389 e. The molecule has 0 atom stereocenters. The Morgan fingerprint density at radius 2 is 1.92 bits per heavy atom. The van der Waals surface area contributed by atoms with Crippen LogP contribution in [0.15, 0.2) is 42.6 Å². The number of fused-ring (bicyclic) bond motifs is 1. The summed E-state index contributed by atoms with van der Waals surface area (Å²) in [5.74, 6) is 0.870. The van der Waals surface area contributed by atoms with Gasteiger partial charge in [0.1, 0.15) is 0 Å². The van der Waals surface area contributed by atoms with Gasteiger partial charge in [-0.15, -0.1) is 0 Å². The number of hydrogen-bond acceptors (Lipinski definition) is 5. The van der Waals surface area contributed by atoms with Crippen LogP contribution in [0.5, 0.6) is 0 Å². The molecule has 0 radical (unpaired) electrons. The van der Waals surface area contributed by atoms with Crippen molar-refractivity contribution < 1.29 is 5.11 Å². The number of aromatic nitrogens is 3. The number of aliphatic hydroxyl groups excluding tert-OH is 1. The Labute approximate surface area is 148 Å². The van der Waals surface area contributed by atoms with Crippen molar-refractivity contribution in [3.8, 4) is 0 Å². The third-order valence-corrected chi connectivity index (χ3v) is 4.20. The normalized spacial score (nSPS) is 14.0. The lowest BCUT2D eigenvalue weighted by Gasteiger charge is -2.36. The first-order valence-corrected chi connectivity index (χ1v) is 8.75. The second-order valence-electron chi connectivity index (χ2n) is 5.86. The summed E-state index contributed by atoms with van der Waals surface area (Å²) >= 11 is 0. The fourth-order valence-corrected chi connectivity index (χ4v) is 2.91. The molecule has 1 aromatic carbocycles. The molecule has 3 heterocycles. The molecule has 6 heteroatoms. The van der Waals surface area contributed by atoms with Crippen LogP contribution in [0, 0.1) is 0 Å². The van der Waals surface area contributed by atoms with Gasteiger partial charge in [0.05, 0.1) is 30.0 Å². The highest BCUT2D eigenvalue weighted by Gasteiger charge is 2.29. The number of anilines is 2. The van der Waals surface area contributed by atoms with E-state index in [2.05, 4.69) is 43.0 Å². The summed E-state index contributed by atoms with van der Waals surface area (Å²) in [6.07, 6.45) is 1.53. The average molecular weight is 339 g/mol. The highest BCUT2D eigenvalue weighted by atomic mass is 16.3. The average Bonchev–Trinajstić information content (AvgIpc) is 2.99. The topological polar surface area (TPSA) is 66.2 Å². The molecule has 3 aromatic rings. The van der Waals surface area contributed by atoms with Crippen LogP contribution in [0.2, 0.25) is 0 Å². The minimum atomic E-state index is -0.263. The predicted octanol–water partition coefficient (Wildman–Crippen LogP) is 2.73. The molecule has 0 unspecified atom stereocenters. The van der Waals surface area contributed by atoms with E-state index in [-0.39, 0.29) is 6.10 Å². The van der Waals surface area contributed by atoms with Gasteiger partial charge in [0.2, 0.25) is 5.95 Å². The molecule has 1 aliphatic heterocycles. The number of aliphatic hydroxyl groups is 1. The van der Waals surface area contributed by atoms with Crippen LogP contribution in [0.25, 0.3) is 11.2 Å². The van der Waals surface area contributed by atoms with E-state index in [0.29, 0.717) is 13.1 Å². The lowest BCUT2D eigenvalue weighted by Crippen LogP contribution is -2.51. The van der Waals surface area contributed by atoms with Gasteiger partial charge in [-0.1, -0.05) is 44.2 Å². The van der Waals surface area contributed by atoms with Gasteiger partial charge in [0.25, 0.3) is 0 Å². The molecule has 4 rings (SSSR count). The van der Waals surface area contributed by atoms with Crippen LogP contribution >= 0.6 is 0 Å². The summed E-state index contributed by atoms with van der Waals surface area (Å²) < 4.78 is 2.17. The maximum absolute atomic E-state index is 9.61. The molecule has 0 bridgehead atoms. The molecule has 2 aromatic heterocycles. The van der Waals surface area contributed by atoms with E-state index < -0.39 is 0 Å². The van der Waals surface area contributed by atoms with Crippen LogP contribution in [0.4, 0.5) is 11.6 Å². The van der Waals surface area contributed by atoms with Crippen LogP contribution in [-0.4, -0.2) is 45.9 Å². The fourth-order valence-electron chi connectivity index (χ4n) is 2.91. The zero-order valence-corrected chi connectivity index (χ0v) is 15.0. The van der Waals surface area contributed by atoms with Crippen molar-refractivity contribution in [3.63, 3.8) is 0 Å². The predicted molar refractivity (Wildman–Crippen MR) is 102 cm³/mol. The van der Waals surface area contributed by atoms with Crippen LogP contribution in [-0.2, 0) is 6.54 Å². The van der Waals surface area contributed by atoms with Gasteiger partial charge in [0, 0.05) is 20.1 Å². The second kappa shape index (κ2) is 7.53. The van der Waals surface area contributed by atoms with E-state index in [4.69, 9.17) is 0 Å². The summed E-state index contributed by atoms with van der Waals surface area (Å²) in [4.78, 5) is 11.2. The van der Waals surface area contributed by atoms with Gasteiger partial charge in [-0.2, -0.15) is 4.98 Å². The number of pyridine rings is 1. The summed E-state index contributed by atoms with van der Waals surface area (Å²) in [6.45, 7) is 5.97. The highest BCUT2D eigenvalue weighted by molar-refractivity contribution is 5.78. The number of nitrogens with zero attached hydrogens (tertiary/aromatic N) is 4. The first-order valence-electron chi connectivity index (χ1n) is 8.75. The Balaban J connectivity index is 0.000000880. The summed E-state index contributed by atoms with van der Waals surface area (Å²) in [5.41, 5.74) is 3.90. The molecule has 0 amide bonds. The number of rotatable bonds is 4. The van der Waals surface area contributed by atoms with Gasteiger partial charge in [0.15, 0.2) is 5.65 Å². The molecular formula is C19H25N5O. The largest absolute Gasteiger partial charge is 0.389 e. The zero-order valence-electron chi connectivity index (χ0n) is 15.0. The van der Waals surface area contributed by atoms with Gasteiger partial charge >= 0.3 is 0 Å². The van der Waals surface area contributed by atoms with Gasteiger partial charge in [-0.25, -0.2) is 4.98 Å². The van der Waals surface area contributed by atoms with Crippen molar-refractivity contribution in [2.24, 2.45) is 0 Å². The van der Waals surface area contributed by atoms with E-state index >= 15 is 0 Å². The van der Waals surface area contributed by atoms with Crippen molar-refractivity contribution in [1.29, 1.82) is 0 Å². The number of benzene rings is 1. The molecule has 6 nitrogen and oxygen atoms in total. The molecule has 132 valence electrons. The Hall–Kier alpha value is -2.60. The van der Waals surface area contributed by atoms with E-state index in [9.17, 15) is 5.11 Å². The number of imidazole rings is 1. The Morgan fingerprint density at radius 3 is 2.56 bits per heavy atom. The third kappa shape index (κ3) is 3.44. The number of β-amino-alcohol motifs (C(OH)–C–C–N with tert-alkyl or cyclic N) is 1. The number of nitrogens with one attached hydrogen (secondary N) is 1. The molecule has 25 heavy (non-hydrogen) atoms. The summed E-state index contributed by atoms with van der Waals surface area (Å²) in [7, 11) is 1.88. The third-order valence-electron chi connectivity index (χ3n) is 4.20. The number of hydrogen-bond donors (Lipinski definition) is 2. The Bertz CT molecular complexity index is 824. The first kappa shape index (κ1) is 17.2. The van der Waals surface area contributed by atoms with Crippen molar-refractivity contribution in [2.75, 3.05) is 30.4 Å². The standard InChI is InChI=1S/C17H19N5O.C2H6/c1-18-13-7-15-16(19-8-13)20-17(21-10-14(23)11-21)22(15)9-12-5-3-2-4-6-12;1-2/h2-8,14,18,23H,9-11H2,1H3;1-2H3. The molecule has 1 saturated heterocycles. The lowest BCUT2D eigenvalue weighted by atomic mass is 10.2. The minimum absolute atomic E-state index is 0.263. The maximum Gasteiger partial charge on any atom is 0.208 e. The molecule has 1 aliphatic rings. The van der Waals surface area contributed by atoms with E-state index in [1.807, 2.05) is 39.1 Å². The monoisotopic (exact) mass is 339 g/mol. The van der Waals surface area contributed by atoms with Crippen molar-refractivity contribution in [2.45, 2.75) is 26.5 Å². The lowest BCUT2D eigenvalue weighted by molar-refractivity contribution is 0.140. The molecular weight excluding hydrogens is 314 g/mol. The highest BCUT2D eigenvalue weighted by Crippen LogP contribution is 2.27.